The van der Waals surface area contributed by atoms with Crippen LogP contribution in [-0.4, -0.2) is 10.6 Å². The first-order valence-corrected chi connectivity index (χ1v) is 7.44. The van der Waals surface area contributed by atoms with Crippen molar-refractivity contribution in [3.8, 4) is 0 Å². The lowest BCUT2D eigenvalue weighted by Crippen LogP contribution is -2.37. The zero-order valence-corrected chi connectivity index (χ0v) is 12.2. The van der Waals surface area contributed by atoms with Gasteiger partial charge < -0.3 is 9.88 Å². The highest BCUT2D eigenvalue weighted by Gasteiger charge is 2.23. The molecule has 1 unspecified atom stereocenters. The molecule has 1 aromatic carbocycles. The van der Waals surface area contributed by atoms with Crippen molar-refractivity contribution in [2.45, 2.75) is 45.7 Å². The first kappa shape index (κ1) is 12.7. The molecule has 1 N–H and O–H groups in total. The van der Waals surface area contributed by atoms with Crippen LogP contribution in [0, 0.1) is 12.8 Å². The molecule has 2 heteroatoms. The van der Waals surface area contributed by atoms with E-state index in [1.807, 2.05) is 0 Å². The Morgan fingerprint density at radius 3 is 2.68 bits per heavy atom. The summed E-state index contributed by atoms with van der Waals surface area (Å²) in [4.78, 5) is 0. The number of aromatic nitrogens is 1. The van der Waals surface area contributed by atoms with Gasteiger partial charge in [-0.3, -0.25) is 0 Å². The number of nitrogens with zero attached hydrogens (tertiary/aromatic N) is 1. The maximum Gasteiger partial charge on any atom is 0.0483 e. The van der Waals surface area contributed by atoms with Crippen molar-refractivity contribution >= 4 is 10.9 Å². The van der Waals surface area contributed by atoms with E-state index in [-0.39, 0.29) is 0 Å². The highest BCUT2D eigenvalue weighted by Crippen LogP contribution is 2.30. The molecule has 2 nitrogen and oxygen atoms in total. The van der Waals surface area contributed by atoms with Gasteiger partial charge in [-0.1, -0.05) is 24.6 Å². The number of para-hydroxylation sites is 1. The highest BCUT2D eigenvalue weighted by molar-refractivity contribution is 5.85. The Labute approximate surface area is 115 Å². The van der Waals surface area contributed by atoms with Crippen LogP contribution in [0.4, 0.5) is 0 Å². The van der Waals surface area contributed by atoms with Gasteiger partial charge in [0.1, 0.15) is 0 Å². The fourth-order valence-electron chi connectivity index (χ4n) is 3.25. The van der Waals surface area contributed by atoms with Gasteiger partial charge in [-0.25, -0.2) is 0 Å². The molecule has 0 aliphatic heterocycles. The lowest BCUT2D eigenvalue weighted by Gasteiger charge is -2.32. The SMILES string of the molecule is Cc1c(CNC(C)C2CCC2)n(C)c2ccccc12. The Bertz CT molecular complexity index is 539. The van der Waals surface area contributed by atoms with Crippen LogP contribution in [0.25, 0.3) is 10.9 Å². The smallest absolute Gasteiger partial charge is 0.0483 e. The molecule has 0 amide bonds. The molecule has 0 saturated heterocycles. The monoisotopic (exact) mass is 256 g/mol. The average molecular weight is 256 g/mol. The predicted octanol–water partition coefficient (Wildman–Crippen LogP) is 3.76. The fourth-order valence-corrected chi connectivity index (χ4v) is 3.25. The van der Waals surface area contributed by atoms with Gasteiger partial charge in [0.2, 0.25) is 0 Å². The quantitative estimate of drug-likeness (QED) is 0.881. The molecule has 0 spiro atoms. The van der Waals surface area contributed by atoms with Gasteiger partial charge in [0.25, 0.3) is 0 Å². The summed E-state index contributed by atoms with van der Waals surface area (Å²) in [6.45, 7) is 5.56. The maximum atomic E-state index is 3.72. The van der Waals surface area contributed by atoms with Crippen LogP contribution < -0.4 is 5.32 Å². The van der Waals surface area contributed by atoms with E-state index in [1.54, 1.807) is 0 Å². The summed E-state index contributed by atoms with van der Waals surface area (Å²) in [5, 5.41) is 5.11. The second-order valence-electron chi connectivity index (χ2n) is 6.01. The zero-order chi connectivity index (χ0) is 13.4. The summed E-state index contributed by atoms with van der Waals surface area (Å²) in [5.74, 6) is 0.898. The molecule has 1 heterocycles. The van der Waals surface area contributed by atoms with Crippen molar-refractivity contribution in [1.82, 2.24) is 9.88 Å². The summed E-state index contributed by atoms with van der Waals surface area (Å²) in [6.07, 6.45) is 4.23. The van der Waals surface area contributed by atoms with E-state index in [4.69, 9.17) is 0 Å². The van der Waals surface area contributed by atoms with Crippen LogP contribution in [0.1, 0.15) is 37.4 Å². The van der Waals surface area contributed by atoms with Crippen LogP contribution in [0.5, 0.6) is 0 Å². The molecular weight excluding hydrogens is 232 g/mol. The number of hydrogen-bond donors (Lipinski definition) is 1. The largest absolute Gasteiger partial charge is 0.346 e. The molecule has 19 heavy (non-hydrogen) atoms. The predicted molar refractivity (Wildman–Crippen MR) is 81.3 cm³/mol. The lowest BCUT2D eigenvalue weighted by atomic mass is 9.80. The number of nitrogens with one attached hydrogen (secondary N) is 1. The standard InChI is InChI=1S/C17H24N2/c1-12-15-9-4-5-10-16(15)19(3)17(12)11-18-13(2)14-7-6-8-14/h4-5,9-10,13-14,18H,6-8,11H2,1-3H3. The van der Waals surface area contributed by atoms with Crippen molar-refractivity contribution in [3.63, 3.8) is 0 Å². The molecule has 0 bridgehead atoms. The molecule has 1 aliphatic rings. The van der Waals surface area contributed by atoms with Gasteiger partial charge in [0.05, 0.1) is 0 Å². The molecule has 1 saturated carbocycles. The topological polar surface area (TPSA) is 17.0 Å². The summed E-state index contributed by atoms with van der Waals surface area (Å²) in [5.41, 5.74) is 4.19. The summed E-state index contributed by atoms with van der Waals surface area (Å²) < 4.78 is 2.34. The average Bonchev–Trinajstić information content (AvgIpc) is 2.59. The molecule has 1 atom stereocenters. The first-order valence-electron chi connectivity index (χ1n) is 7.44. The van der Waals surface area contributed by atoms with Gasteiger partial charge in [0, 0.05) is 36.2 Å². The molecule has 102 valence electrons. The van der Waals surface area contributed by atoms with E-state index in [0.717, 1.165) is 12.5 Å². The third-order valence-corrected chi connectivity index (χ3v) is 4.96. The molecule has 1 fully saturated rings. The summed E-state index contributed by atoms with van der Waals surface area (Å²) in [7, 11) is 2.18. The number of aryl methyl sites for hydroxylation is 2. The van der Waals surface area contributed by atoms with Gasteiger partial charge >= 0.3 is 0 Å². The Morgan fingerprint density at radius 1 is 1.32 bits per heavy atom. The van der Waals surface area contributed by atoms with E-state index in [9.17, 15) is 0 Å². The molecular formula is C17H24N2. The second-order valence-corrected chi connectivity index (χ2v) is 6.01. The minimum absolute atomic E-state index is 0.645. The van der Waals surface area contributed by atoms with E-state index < -0.39 is 0 Å². The fraction of sp³-hybridized carbons (Fsp3) is 0.529. The third kappa shape index (κ3) is 2.18. The Morgan fingerprint density at radius 2 is 2.05 bits per heavy atom. The summed E-state index contributed by atoms with van der Waals surface area (Å²) in [6, 6.07) is 9.33. The molecule has 1 aromatic heterocycles. The minimum atomic E-state index is 0.645. The van der Waals surface area contributed by atoms with Crippen molar-refractivity contribution in [1.29, 1.82) is 0 Å². The van der Waals surface area contributed by atoms with Gasteiger partial charge in [-0.2, -0.15) is 0 Å². The third-order valence-electron chi connectivity index (χ3n) is 4.96. The van der Waals surface area contributed by atoms with Gasteiger partial charge in [0.15, 0.2) is 0 Å². The van der Waals surface area contributed by atoms with Crippen LogP contribution in [-0.2, 0) is 13.6 Å². The van der Waals surface area contributed by atoms with Gasteiger partial charge in [-0.15, -0.1) is 0 Å². The van der Waals surface area contributed by atoms with Crippen LogP contribution in [0.3, 0.4) is 0 Å². The van der Waals surface area contributed by atoms with E-state index >= 15 is 0 Å². The van der Waals surface area contributed by atoms with Crippen LogP contribution in [0.2, 0.25) is 0 Å². The molecule has 1 aliphatic carbocycles. The highest BCUT2D eigenvalue weighted by atomic mass is 15.0. The Hall–Kier alpha value is -1.28. The number of fused-ring (bicyclic) bond motifs is 1. The lowest BCUT2D eigenvalue weighted by molar-refractivity contribution is 0.239. The normalized spacial score (nSPS) is 17.6. The maximum absolute atomic E-state index is 3.72. The van der Waals surface area contributed by atoms with Crippen LogP contribution >= 0.6 is 0 Å². The van der Waals surface area contributed by atoms with E-state index in [1.165, 1.54) is 41.4 Å². The van der Waals surface area contributed by atoms with Crippen LogP contribution in [0.15, 0.2) is 24.3 Å². The van der Waals surface area contributed by atoms with Crippen molar-refractivity contribution in [2.75, 3.05) is 0 Å². The number of benzene rings is 1. The Balaban J connectivity index is 1.80. The minimum Gasteiger partial charge on any atom is -0.346 e. The molecule has 2 aromatic rings. The van der Waals surface area contributed by atoms with Crippen molar-refractivity contribution < 1.29 is 0 Å². The Kier molecular flexibility index (Phi) is 3.36. The first-order chi connectivity index (χ1) is 9.18. The second kappa shape index (κ2) is 5.01. The van der Waals surface area contributed by atoms with E-state index in [2.05, 4.69) is 55.0 Å². The number of rotatable bonds is 4. The molecule has 3 rings (SSSR count). The number of hydrogen-bond acceptors (Lipinski definition) is 1. The van der Waals surface area contributed by atoms with Crippen molar-refractivity contribution in [3.05, 3.63) is 35.5 Å². The van der Waals surface area contributed by atoms with E-state index in [0.29, 0.717) is 6.04 Å². The molecule has 0 radical (unpaired) electrons. The van der Waals surface area contributed by atoms with Crippen molar-refractivity contribution in [2.24, 2.45) is 13.0 Å². The zero-order valence-electron chi connectivity index (χ0n) is 12.2. The van der Waals surface area contributed by atoms with Gasteiger partial charge in [-0.05, 0) is 44.2 Å². The summed E-state index contributed by atoms with van der Waals surface area (Å²) >= 11 is 0.